The van der Waals surface area contributed by atoms with Crippen molar-refractivity contribution in [1.82, 2.24) is 9.47 Å². The molecule has 0 unspecified atom stereocenters. The van der Waals surface area contributed by atoms with Gasteiger partial charge in [0.1, 0.15) is 12.4 Å². The van der Waals surface area contributed by atoms with Crippen LogP contribution in [0.4, 0.5) is 5.69 Å². The van der Waals surface area contributed by atoms with E-state index in [9.17, 15) is 9.59 Å². The lowest BCUT2D eigenvalue weighted by molar-refractivity contribution is -0.121. The average Bonchev–Trinajstić information content (AvgIpc) is 3.27. The fourth-order valence-corrected chi connectivity index (χ4v) is 4.27. The molecule has 1 aromatic heterocycles. The van der Waals surface area contributed by atoms with Gasteiger partial charge in [-0.05, 0) is 60.4 Å². The first kappa shape index (κ1) is 26.4. The fourth-order valence-electron chi connectivity index (χ4n) is 4.27. The Morgan fingerprint density at radius 2 is 1.81 bits per heavy atom. The van der Waals surface area contributed by atoms with Gasteiger partial charge < -0.3 is 19.4 Å². The lowest BCUT2D eigenvalue weighted by Crippen LogP contribution is -2.38. The molecule has 3 aromatic rings. The molecule has 0 amide bonds. The van der Waals surface area contributed by atoms with Crippen molar-refractivity contribution in [2.75, 3.05) is 51.3 Å². The molecule has 1 N–H and O–H groups in total. The smallest absolute Gasteiger partial charge is 0.163 e. The van der Waals surface area contributed by atoms with Crippen LogP contribution in [0, 0.1) is 0 Å². The number of carbonyl (C=O) groups is 2. The summed E-state index contributed by atoms with van der Waals surface area (Å²) in [6, 6.07) is 13.9. The SMILES string of the molecule is CCNc1ccc(/C=C/C(=O)CC(=O)/C=C/c2ccc3ccn(C)c3c2)c(OCCN2CCOCC2)c1. The fraction of sp³-hybridized carbons (Fsp3) is 0.333. The molecule has 37 heavy (non-hydrogen) atoms. The summed E-state index contributed by atoms with van der Waals surface area (Å²) in [4.78, 5) is 27.2. The van der Waals surface area contributed by atoms with Gasteiger partial charge in [0.2, 0.25) is 0 Å². The van der Waals surface area contributed by atoms with Crippen LogP contribution in [0.1, 0.15) is 24.5 Å². The van der Waals surface area contributed by atoms with Crippen molar-refractivity contribution in [3.63, 3.8) is 0 Å². The van der Waals surface area contributed by atoms with Crippen LogP contribution < -0.4 is 10.1 Å². The van der Waals surface area contributed by atoms with E-state index in [4.69, 9.17) is 9.47 Å². The number of fused-ring (bicyclic) bond motifs is 1. The summed E-state index contributed by atoms with van der Waals surface area (Å²) in [5.74, 6) is 0.228. The Labute approximate surface area is 218 Å². The van der Waals surface area contributed by atoms with Crippen molar-refractivity contribution in [2.24, 2.45) is 7.05 Å². The minimum atomic E-state index is -0.248. The third-order valence-electron chi connectivity index (χ3n) is 6.33. The first-order valence-electron chi connectivity index (χ1n) is 12.8. The first-order valence-corrected chi connectivity index (χ1v) is 12.8. The molecule has 194 valence electrons. The molecule has 4 rings (SSSR count). The van der Waals surface area contributed by atoms with Gasteiger partial charge >= 0.3 is 0 Å². The van der Waals surface area contributed by atoms with E-state index in [1.54, 1.807) is 12.2 Å². The number of aryl methyl sites for hydroxylation is 1. The highest BCUT2D eigenvalue weighted by Crippen LogP contribution is 2.25. The summed E-state index contributed by atoms with van der Waals surface area (Å²) in [6.07, 6.45) is 8.24. The quantitative estimate of drug-likeness (QED) is 0.289. The highest BCUT2D eigenvalue weighted by Gasteiger charge is 2.11. The van der Waals surface area contributed by atoms with Crippen LogP contribution in [0.2, 0.25) is 0 Å². The number of benzene rings is 2. The van der Waals surface area contributed by atoms with Crippen molar-refractivity contribution in [2.45, 2.75) is 13.3 Å². The molecular weight excluding hydrogens is 466 g/mol. The molecule has 1 aliphatic rings. The molecular formula is C30H35N3O4. The van der Waals surface area contributed by atoms with Crippen LogP contribution in [0.15, 0.2) is 60.8 Å². The molecule has 1 aliphatic heterocycles. The summed E-state index contributed by atoms with van der Waals surface area (Å²) in [6.45, 7) is 7.52. The maximum atomic E-state index is 12.5. The van der Waals surface area contributed by atoms with E-state index in [0.717, 1.165) is 67.1 Å². The third-order valence-corrected chi connectivity index (χ3v) is 6.33. The van der Waals surface area contributed by atoms with Crippen LogP contribution >= 0.6 is 0 Å². The largest absolute Gasteiger partial charge is 0.492 e. The van der Waals surface area contributed by atoms with E-state index in [2.05, 4.69) is 10.2 Å². The normalized spacial score (nSPS) is 14.5. The van der Waals surface area contributed by atoms with Crippen LogP contribution in [0.25, 0.3) is 23.1 Å². The lowest BCUT2D eigenvalue weighted by Gasteiger charge is -2.26. The first-order chi connectivity index (χ1) is 18.0. The van der Waals surface area contributed by atoms with Crippen LogP contribution in [0.5, 0.6) is 5.75 Å². The minimum Gasteiger partial charge on any atom is -0.492 e. The van der Waals surface area contributed by atoms with Gasteiger partial charge in [-0.3, -0.25) is 14.5 Å². The molecule has 0 aliphatic carbocycles. The van der Waals surface area contributed by atoms with Crippen LogP contribution in [-0.2, 0) is 21.4 Å². The van der Waals surface area contributed by atoms with E-state index in [1.807, 2.05) is 67.2 Å². The average molecular weight is 502 g/mol. The number of hydrogen-bond acceptors (Lipinski definition) is 6. The van der Waals surface area contributed by atoms with Gasteiger partial charge in [-0.2, -0.15) is 0 Å². The number of ketones is 2. The van der Waals surface area contributed by atoms with E-state index < -0.39 is 0 Å². The predicted octanol–water partition coefficient (Wildman–Crippen LogP) is 4.58. The Hall–Kier alpha value is -3.68. The number of carbonyl (C=O) groups excluding carboxylic acids is 2. The van der Waals surface area contributed by atoms with Gasteiger partial charge in [0.05, 0.1) is 19.6 Å². The van der Waals surface area contributed by atoms with Crippen molar-refractivity contribution >= 4 is 40.3 Å². The number of anilines is 1. The van der Waals surface area contributed by atoms with Crippen molar-refractivity contribution in [3.05, 3.63) is 71.9 Å². The zero-order valence-electron chi connectivity index (χ0n) is 21.6. The number of morpholine rings is 1. The van der Waals surface area contributed by atoms with Crippen LogP contribution in [-0.4, -0.2) is 67.0 Å². The number of nitrogens with zero attached hydrogens (tertiary/aromatic N) is 2. The summed E-state index contributed by atoms with van der Waals surface area (Å²) in [7, 11) is 1.99. The molecule has 2 heterocycles. The molecule has 1 fully saturated rings. The second-order valence-electron chi connectivity index (χ2n) is 9.11. The highest BCUT2D eigenvalue weighted by atomic mass is 16.5. The molecule has 1 saturated heterocycles. The van der Waals surface area contributed by atoms with Crippen molar-refractivity contribution in [1.29, 1.82) is 0 Å². The van der Waals surface area contributed by atoms with Gasteiger partial charge in [0.15, 0.2) is 11.6 Å². The molecule has 0 bridgehead atoms. The Kier molecular flexibility index (Phi) is 9.29. The zero-order chi connectivity index (χ0) is 26.0. The van der Waals surface area contributed by atoms with Gasteiger partial charge in [-0.25, -0.2) is 0 Å². The van der Waals surface area contributed by atoms with Crippen molar-refractivity contribution in [3.8, 4) is 5.75 Å². The summed E-state index contributed by atoms with van der Waals surface area (Å²) < 4.78 is 13.5. The number of ether oxygens (including phenoxy) is 2. The third kappa shape index (κ3) is 7.65. The highest BCUT2D eigenvalue weighted by molar-refractivity contribution is 6.11. The molecule has 0 saturated carbocycles. The Balaban J connectivity index is 1.35. The lowest BCUT2D eigenvalue weighted by atomic mass is 10.1. The Morgan fingerprint density at radius 3 is 2.59 bits per heavy atom. The summed E-state index contributed by atoms with van der Waals surface area (Å²) in [5.41, 5.74) is 3.78. The molecule has 0 atom stereocenters. The standard InChI is InChI=1S/C30H35N3O4/c1-3-31-26-9-7-25(30(21-26)37-19-16-33-14-17-36-18-15-33)8-11-28(35)22-27(34)10-5-23-4-6-24-12-13-32(2)29(24)20-23/h4-13,20-21,31H,3,14-19,22H2,1-2H3/b10-5+,11-8+. The molecule has 0 spiro atoms. The van der Waals surface area contributed by atoms with Crippen LogP contribution in [0.3, 0.4) is 0 Å². The Morgan fingerprint density at radius 1 is 1.03 bits per heavy atom. The van der Waals surface area contributed by atoms with E-state index in [0.29, 0.717) is 12.4 Å². The Bertz CT molecular complexity index is 1290. The zero-order valence-corrected chi connectivity index (χ0v) is 21.6. The molecule has 2 aromatic carbocycles. The summed E-state index contributed by atoms with van der Waals surface area (Å²) >= 11 is 0. The number of nitrogens with one attached hydrogen (secondary N) is 1. The van der Waals surface area contributed by atoms with Gasteiger partial charge in [-0.15, -0.1) is 0 Å². The second-order valence-corrected chi connectivity index (χ2v) is 9.11. The maximum absolute atomic E-state index is 12.5. The number of hydrogen-bond donors (Lipinski definition) is 1. The molecule has 7 heteroatoms. The van der Waals surface area contributed by atoms with Gasteiger partial charge in [0.25, 0.3) is 0 Å². The topological polar surface area (TPSA) is 72.8 Å². The van der Waals surface area contributed by atoms with E-state index >= 15 is 0 Å². The number of rotatable bonds is 12. The number of allylic oxidation sites excluding steroid dienone is 2. The van der Waals surface area contributed by atoms with E-state index in [1.165, 1.54) is 12.2 Å². The van der Waals surface area contributed by atoms with Crippen molar-refractivity contribution < 1.29 is 19.1 Å². The monoisotopic (exact) mass is 501 g/mol. The second kappa shape index (κ2) is 13.0. The number of aromatic nitrogens is 1. The predicted molar refractivity (Wildman–Crippen MR) is 149 cm³/mol. The summed E-state index contributed by atoms with van der Waals surface area (Å²) in [5, 5.41) is 4.44. The van der Waals surface area contributed by atoms with Gasteiger partial charge in [0, 0.05) is 62.3 Å². The molecule has 7 nitrogen and oxygen atoms in total. The van der Waals surface area contributed by atoms with Gasteiger partial charge in [-0.1, -0.05) is 18.2 Å². The van der Waals surface area contributed by atoms with E-state index in [-0.39, 0.29) is 18.0 Å². The maximum Gasteiger partial charge on any atom is 0.163 e. The minimum absolute atomic E-state index is 0.178. The molecule has 0 radical (unpaired) electrons.